The molecular formula is C17H16Cl2N2O4. The Morgan fingerprint density at radius 3 is 2.48 bits per heavy atom. The lowest BCUT2D eigenvalue weighted by molar-refractivity contribution is -0.123. The smallest absolute Gasteiger partial charge is 0.341 e. The second kappa shape index (κ2) is 8.09. The van der Waals surface area contributed by atoms with E-state index in [9.17, 15) is 9.59 Å². The van der Waals surface area contributed by atoms with Crippen molar-refractivity contribution in [3.05, 3.63) is 52.0 Å². The third kappa shape index (κ3) is 4.78. The van der Waals surface area contributed by atoms with Gasteiger partial charge in [-0.25, -0.2) is 4.79 Å². The number of anilines is 2. The van der Waals surface area contributed by atoms with Crippen LogP contribution < -0.4 is 15.8 Å². The number of carbonyl (C=O) groups excluding carboxylic acids is 2. The molecule has 0 radical (unpaired) electrons. The summed E-state index contributed by atoms with van der Waals surface area (Å²) in [7, 11) is 1.49. The maximum atomic E-state index is 12.2. The molecule has 0 heterocycles. The van der Waals surface area contributed by atoms with Crippen molar-refractivity contribution < 1.29 is 19.1 Å². The van der Waals surface area contributed by atoms with E-state index in [1.807, 2.05) is 0 Å². The van der Waals surface area contributed by atoms with Crippen LogP contribution in [-0.4, -0.2) is 25.1 Å². The normalized spacial score (nSPS) is 11.5. The number of esters is 1. The summed E-state index contributed by atoms with van der Waals surface area (Å²) in [5.74, 6) is -0.746. The molecule has 2 rings (SSSR count). The van der Waals surface area contributed by atoms with Crippen LogP contribution >= 0.6 is 23.2 Å². The highest BCUT2D eigenvalue weighted by Crippen LogP contribution is 2.27. The van der Waals surface area contributed by atoms with Gasteiger partial charge in [-0.3, -0.25) is 4.79 Å². The molecule has 3 N–H and O–H groups in total. The van der Waals surface area contributed by atoms with Gasteiger partial charge in [0.25, 0.3) is 5.91 Å². The molecule has 1 amide bonds. The third-order valence-corrected chi connectivity index (χ3v) is 3.84. The summed E-state index contributed by atoms with van der Waals surface area (Å²) in [6.07, 6.45) is -1.04. The van der Waals surface area contributed by atoms with E-state index in [-0.39, 0.29) is 11.3 Å². The Labute approximate surface area is 154 Å². The minimum absolute atomic E-state index is 0.136. The van der Waals surface area contributed by atoms with Gasteiger partial charge in [-0.15, -0.1) is 0 Å². The van der Waals surface area contributed by atoms with Crippen molar-refractivity contribution in [1.29, 1.82) is 0 Å². The molecule has 6 nitrogen and oxygen atoms in total. The number of methoxy groups -OCH3 is 1. The van der Waals surface area contributed by atoms with E-state index >= 15 is 0 Å². The Morgan fingerprint density at radius 2 is 1.88 bits per heavy atom. The number of ether oxygens (including phenoxy) is 2. The van der Waals surface area contributed by atoms with Gasteiger partial charge in [0.1, 0.15) is 5.75 Å². The van der Waals surface area contributed by atoms with E-state index in [2.05, 4.69) is 5.32 Å². The number of halogens is 2. The lowest BCUT2D eigenvalue weighted by Gasteiger charge is -2.15. The zero-order valence-corrected chi connectivity index (χ0v) is 15.0. The molecule has 0 aliphatic heterocycles. The van der Waals surface area contributed by atoms with E-state index in [0.717, 1.165) is 0 Å². The van der Waals surface area contributed by atoms with E-state index in [0.29, 0.717) is 21.5 Å². The zero-order valence-electron chi connectivity index (χ0n) is 13.5. The number of amides is 1. The molecule has 2 aromatic rings. The van der Waals surface area contributed by atoms with Gasteiger partial charge in [-0.2, -0.15) is 0 Å². The van der Waals surface area contributed by atoms with Crippen LogP contribution in [0.1, 0.15) is 17.3 Å². The van der Waals surface area contributed by atoms with Gasteiger partial charge in [0.05, 0.1) is 17.7 Å². The van der Waals surface area contributed by atoms with Crippen LogP contribution in [0.5, 0.6) is 5.75 Å². The largest absolute Gasteiger partial charge is 0.495 e. The molecular weight excluding hydrogens is 367 g/mol. The van der Waals surface area contributed by atoms with Crippen molar-refractivity contribution in [2.24, 2.45) is 0 Å². The number of rotatable bonds is 5. The zero-order chi connectivity index (χ0) is 18.6. The van der Waals surface area contributed by atoms with Crippen molar-refractivity contribution in [2.75, 3.05) is 18.2 Å². The van der Waals surface area contributed by atoms with Gasteiger partial charge >= 0.3 is 5.97 Å². The SMILES string of the molecule is COc1ccc(NC(=O)[C@H](C)OC(=O)c2ccc(Cl)cc2N)cc1Cl. The molecule has 0 saturated carbocycles. The lowest BCUT2D eigenvalue weighted by Crippen LogP contribution is -2.30. The molecule has 25 heavy (non-hydrogen) atoms. The number of nitrogens with one attached hydrogen (secondary N) is 1. The number of hydrogen-bond donors (Lipinski definition) is 2. The molecule has 0 unspecified atom stereocenters. The van der Waals surface area contributed by atoms with Gasteiger partial charge in [-0.05, 0) is 43.3 Å². The summed E-state index contributed by atoms with van der Waals surface area (Å²) in [6.45, 7) is 1.45. The number of hydrogen-bond acceptors (Lipinski definition) is 5. The first-order valence-corrected chi connectivity index (χ1v) is 7.98. The highest BCUT2D eigenvalue weighted by Gasteiger charge is 2.21. The summed E-state index contributed by atoms with van der Waals surface area (Å²) in [5.41, 5.74) is 6.49. The Balaban J connectivity index is 2.02. The molecule has 0 aromatic heterocycles. The summed E-state index contributed by atoms with van der Waals surface area (Å²) in [6, 6.07) is 9.15. The first-order chi connectivity index (χ1) is 11.8. The van der Waals surface area contributed by atoms with Crippen LogP contribution in [0.3, 0.4) is 0 Å². The minimum Gasteiger partial charge on any atom is -0.495 e. The average Bonchev–Trinajstić information content (AvgIpc) is 2.54. The Morgan fingerprint density at radius 1 is 1.16 bits per heavy atom. The van der Waals surface area contributed by atoms with Gasteiger partial charge in [0, 0.05) is 16.4 Å². The van der Waals surface area contributed by atoms with Crippen molar-refractivity contribution >= 4 is 46.5 Å². The molecule has 2 aromatic carbocycles. The molecule has 0 saturated heterocycles. The average molecular weight is 383 g/mol. The third-order valence-electron chi connectivity index (χ3n) is 3.31. The number of benzene rings is 2. The maximum absolute atomic E-state index is 12.2. The Hall–Kier alpha value is -2.44. The molecule has 132 valence electrons. The number of nitrogens with two attached hydrogens (primary N) is 1. The van der Waals surface area contributed by atoms with Crippen LogP contribution in [-0.2, 0) is 9.53 Å². The van der Waals surface area contributed by atoms with Crippen molar-refractivity contribution in [3.8, 4) is 5.75 Å². The van der Waals surface area contributed by atoms with Crippen LogP contribution in [0.15, 0.2) is 36.4 Å². The van der Waals surface area contributed by atoms with Crippen LogP contribution in [0, 0.1) is 0 Å². The summed E-state index contributed by atoms with van der Waals surface area (Å²) in [5, 5.41) is 3.35. The second-order valence-corrected chi connectivity index (χ2v) is 5.96. The van der Waals surface area contributed by atoms with Crippen LogP contribution in [0.25, 0.3) is 0 Å². The second-order valence-electron chi connectivity index (χ2n) is 5.12. The fourth-order valence-corrected chi connectivity index (χ4v) is 2.42. The summed E-state index contributed by atoms with van der Waals surface area (Å²) in [4.78, 5) is 24.3. The lowest BCUT2D eigenvalue weighted by atomic mass is 10.2. The van der Waals surface area contributed by atoms with E-state index < -0.39 is 18.0 Å². The van der Waals surface area contributed by atoms with Crippen molar-refractivity contribution in [3.63, 3.8) is 0 Å². The van der Waals surface area contributed by atoms with Crippen LogP contribution in [0.2, 0.25) is 10.0 Å². The standard InChI is InChI=1S/C17H16Cl2N2O4/c1-9(25-17(23)12-5-3-10(18)7-14(12)20)16(22)21-11-4-6-15(24-2)13(19)8-11/h3-9H,20H2,1-2H3,(H,21,22)/t9-/m0/s1. The van der Waals surface area contributed by atoms with Gasteiger partial charge in [0.15, 0.2) is 6.10 Å². The summed E-state index contributed by atoms with van der Waals surface area (Å²) >= 11 is 11.8. The van der Waals surface area contributed by atoms with Gasteiger partial charge < -0.3 is 20.5 Å². The monoisotopic (exact) mass is 382 g/mol. The van der Waals surface area contributed by atoms with Crippen LogP contribution in [0.4, 0.5) is 11.4 Å². The predicted molar refractivity (Wildman–Crippen MR) is 97.4 cm³/mol. The molecule has 0 fully saturated rings. The Kier molecular flexibility index (Phi) is 6.12. The molecule has 0 bridgehead atoms. The molecule has 0 aliphatic carbocycles. The Bertz CT molecular complexity index is 811. The fourth-order valence-electron chi connectivity index (χ4n) is 1.99. The molecule has 1 atom stereocenters. The summed E-state index contributed by atoms with van der Waals surface area (Å²) < 4.78 is 10.2. The van der Waals surface area contributed by atoms with Crippen molar-refractivity contribution in [1.82, 2.24) is 0 Å². The van der Waals surface area contributed by atoms with E-state index in [1.165, 1.54) is 38.3 Å². The molecule has 8 heteroatoms. The topological polar surface area (TPSA) is 90.6 Å². The first kappa shape index (κ1) is 18.9. The predicted octanol–water partition coefficient (Wildman–Crippen LogP) is 3.77. The maximum Gasteiger partial charge on any atom is 0.341 e. The first-order valence-electron chi connectivity index (χ1n) is 7.22. The minimum atomic E-state index is -1.04. The highest BCUT2D eigenvalue weighted by molar-refractivity contribution is 6.32. The number of nitrogen functional groups attached to an aromatic ring is 1. The van der Waals surface area contributed by atoms with Gasteiger partial charge in [-0.1, -0.05) is 23.2 Å². The number of carbonyl (C=O) groups is 2. The quantitative estimate of drug-likeness (QED) is 0.606. The fraction of sp³-hybridized carbons (Fsp3) is 0.176. The molecule has 0 aliphatic rings. The highest BCUT2D eigenvalue weighted by atomic mass is 35.5. The van der Waals surface area contributed by atoms with Crippen molar-refractivity contribution in [2.45, 2.75) is 13.0 Å². The van der Waals surface area contributed by atoms with E-state index in [1.54, 1.807) is 12.1 Å². The van der Waals surface area contributed by atoms with E-state index in [4.69, 9.17) is 38.4 Å². The van der Waals surface area contributed by atoms with Gasteiger partial charge in [0.2, 0.25) is 0 Å². The molecule has 0 spiro atoms.